The van der Waals surface area contributed by atoms with E-state index in [-0.39, 0.29) is 24.1 Å². The van der Waals surface area contributed by atoms with Crippen molar-refractivity contribution >= 4 is 16.8 Å². The van der Waals surface area contributed by atoms with E-state index < -0.39 is 0 Å². The van der Waals surface area contributed by atoms with Gasteiger partial charge in [-0.2, -0.15) is 0 Å². The van der Waals surface area contributed by atoms with Crippen LogP contribution in [0.15, 0.2) is 55.2 Å². The first kappa shape index (κ1) is 24.1. The lowest BCUT2D eigenvalue weighted by molar-refractivity contribution is -0.117. The summed E-state index contributed by atoms with van der Waals surface area (Å²) in [6.07, 6.45) is 5.99. The second kappa shape index (κ2) is 11.9. The van der Waals surface area contributed by atoms with Crippen molar-refractivity contribution in [1.29, 1.82) is 0 Å². The zero-order valence-corrected chi connectivity index (χ0v) is 17.9. The van der Waals surface area contributed by atoms with Gasteiger partial charge in [0.25, 0.3) is 0 Å². The van der Waals surface area contributed by atoms with Crippen molar-refractivity contribution in [3.8, 4) is 11.3 Å². The number of benzene rings is 2. The molecular formula is C24H29F2N3O2. The first-order chi connectivity index (χ1) is 14.8. The molecule has 4 N–H and O–H groups in total. The predicted octanol–water partition coefficient (Wildman–Crippen LogP) is 4.81. The minimum Gasteiger partial charge on any atom is -0.383 e. The van der Waals surface area contributed by atoms with Crippen LogP contribution in [0.5, 0.6) is 0 Å². The predicted molar refractivity (Wildman–Crippen MR) is 120 cm³/mol. The summed E-state index contributed by atoms with van der Waals surface area (Å²) in [6.45, 7) is 5.34. The highest BCUT2D eigenvalue weighted by Gasteiger charge is 2.14. The second-order valence-corrected chi connectivity index (χ2v) is 7.24. The van der Waals surface area contributed by atoms with E-state index in [1.54, 1.807) is 19.2 Å². The summed E-state index contributed by atoms with van der Waals surface area (Å²) in [4.78, 5) is 12.9. The fraction of sp³-hybridized carbons (Fsp3) is 0.292. The number of methoxy groups -OCH3 is 1. The van der Waals surface area contributed by atoms with Gasteiger partial charge in [-0.05, 0) is 86.0 Å². The summed E-state index contributed by atoms with van der Waals surface area (Å²) in [5.74, 6) is -0.921. The smallest absolute Gasteiger partial charge is 0.236 e. The Bertz CT molecular complexity index is 993. The molecule has 0 spiro atoms. The number of carbonyl (C=O) groups excluding carboxylic acids is 1. The number of primary amides is 1. The number of aryl methyl sites for hydroxylation is 1. The summed E-state index contributed by atoms with van der Waals surface area (Å²) in [7, 11) is 1.78. The number of nitrogens with two attached hydrogens (primary N) is 1. The SMILES string of the molecule is C=CNCC(N)=O.COC1CCC1.Cc1cc(F)c2[nH]c(-c3ccc(F)cc3)cc2c1. The Labute approximate surface area is 181 Å². The Morgan fingerprint density at radius 1 is 1.26 bits per heavy atom. The van der Waals surface area contributed by atoms with Crippen LogP contribution in [0.25, 0.3) is 22.2 Å². The van der Waals surface area contributed by atoms with Crippen molar-refractivity contribution in [3.63, 3.8) is 0 Å². The molecule has 0 radical (unpaired) electrons. The van der Waals surface area contributed by atoms with Gasteiger partial charge in [0.15, 0.2) is 0 Å². The molecule has 1 amide bonds. The number of H-pyrrole nitrogens is 1. The highest BCUT2D eigenvalue weighted by Crippen LogP contribution is 2.26. The van der Waals surface area contributed by atoms with Gasteiger partial charge in [-0.15, -0.1) is 0 Å². The van der Waals surface area contributed by atoms with Crippen LogP contribution in [0.2, 0.25) is 0 Å². The van der Waals surface area contributed by atoms with Gasteiger partial charge >= 0.3 is 0 Å². The molecule has 1 aliphatic rings. The van der Waals surface area contributed by atoms with Crippen molar-refractivity contribution in [3.05, 3.63) is 72.4 Å². The van der Waals surface area contributed by atoms with E-state index in [9.17, 15) is 13.6 Å². The number of nitrogens with one attached hydrogen (secondary N) is 2. The quantitative estimate of drug-likeness (QED) is 0.544. The molecule has 7 heteroatoms. The maximum absolute atomic E-state index is 13.7. The minimum absolute atomic E-state index is 0.170. The number of fused-ring (bicyclic) bond motifs is 1. The lowest BCUT2D eigenvalue weighted by Gasteiger charge is -2.22. The lowest BCUT2D eigenvalue weighted by atomic mass is 9.96. The Morgan fingerprint density at radius 3 is 2.39 bits per heavy atom. The van der Waals surface area contributed by atoms with Crippen LogP contribution in [-0.2, 0) is 9.53 Å². The number of aromatic nitrogens is 1. The number of rotatable bonds is 5. The van der Waals surface area contributed by atoms with Crippen LogP contribution in [0.1, 0.15) is 24.8 Å². The molecule has 2 aromatic carbocycles. The van der Waals surface area contributed by atoms with Gasteiger partial charge < -0.3 is 20.8 Å². The van der Waals surface area contributed by atoms with E-state index >= 15 is 0 Å². The van der Waals surface area contributed by atoms with Crippen molar-refractivity contribution in [2.24, 2.45) is 5.73 Å². The van der Waals surface area contributed by atoms with E-state index in [2.05, 4.69) is 16.9 Å². The fourth-order valence-electron chi connectivity index (χ4n) is 2.91. The molecule has 1 saturated carbocycles. The molecule has 0 unspecified atom stereocenters. The third-order valence-electron chi connectivity index (χ3n) is 4.79. The topological polar surface area (TPSA) is 80.1 Å². The van der Waals surface area contributed by atoms with E-state index in [1.165, 1.54) is 43.7 Å². The lowest BCUT2D eigenvalue weighted by Crippen LogP contribution is -2.24. The zero-order chi connectivity index (χ0) is 22.8. The van der Waals surface area contributed by atoms with Crippen molar-refractivity contribution in [1.82, 2.24) is 10.3 Å². The Kier molecular flexibility index (Phi) is 9.21. The molecule has 0 saturated heterocycles. The van der Waals surface area contributed by atoms with Crippen LogP contribution >= 0.6 is 0 Å². The first-order valence-corrected chi connectivity index (χ1v) is 10.0. The Morgan fingerprint density at radius 2 is 1.94 bits per heavy atom. The molecule has 166 valence electrons. The van der Waals surface area contributed by atoms with Crippen molar-refractivity contribution < 1.29 is 18.3 Å². The van der Waals surface area contributed by atoms with E-state index in [0.717, 1.165) is 22.2 Å². The number of aromatic amines is 1. The monoisotopic (exact) mass is 429 g/mol. The summed E-state index contributed by atoms with van der Waals surface area (Å²) in [6, 6.07) is 11.4. The largest absolute Gasteiger partial charge is 0.383 e. The summed E-state index contributed by atoms with van der Waals surface area (Å²) < 4.78 is 31.6. The molecular weight excluding hydrogens is 400 g/mol. The highest BCUT2D eigenvalue weighted by atomic mass is 19.1. The van der Waals surface area contributed by atoms with Crippen LogP contribution in [-0.4, -0.2) is 30.6 Å². The van der Waals surface area contributed by atoms with Crippen molar-refractivity contribution in [2.45, 2.75) is 32.3 Å². The Hall–Kier alpha value is -3.19. The normalized spacial score (nSPS) is 12.6. The van der Waals surface area contributed by atoms with Crippen LogP contribution in [0.3, 0.4) is 0 Å². The van der Waals surface area contributed by atoms with Crippen molar-refractivity contribution in [2.75, 3.05) is 13.7 Å². The summed E-state index contributed by atoms with van der Waals surface area (Å²) >= 11 is 0. The number of hydrogen-bond acceptors (Lipinski definition) is 3. The molecule has 0 aliphatic heterocycles. The number of carbonyl (C=O) groups is 1. The first-order valence-electron chi connectivity index (χ1n) is 10.0. The third kappa shape index (κ3) is 7.53. The molecule has 3 aromatic rings. The van der Waals surface area contributed by atoms with E-state index in [4.69, 9.17) is 10.5 Å². The van der Waals surface area contributed by atoms with Crippen LogP contribution in [0.4, 0.5) is 8.78 Å². The maximum Gasteiger partial charge on any atom is 0.236 e. The zero-order valence-electron chi connectivity index (χ0n) is 17.9. The molecule has 1 fully saturated rings. The number of hydrogen-bond donors (Lipinski definition) is 3. The standard InChI is InChI=1S/C15H11F2N.C5H10O.C4H8N2O/c1-9-6-11-8-14(18-15(11)13(17)7-9)10-2-4-12(16)5-3-10;1-6-5-3-2-4-5;1-2-6-3-4(5)7/h2-8,18H,1H3;5H,2-4H2,1H3;2,6H,1,3H2,(H2,5,7). The average Bonchev–Trinajstić information content (AvgIpc) is 3.11. The van der Waals surface area contributed by atoms with Gasteiger partial charge in [0.05, 0.1) is 18.2 Å². The van der Waals surface area contributed by atoms with Gasteiger partial charge in [0, 0.05) is 18.2 Å². The van der Waals surface area contributed by atoms with Gasteiger partial charge in [0.1, 0.15) is 11.6 Å². The molecule has 31 heavy (non-hydrogen) atoms. The highest BCUT2D eigenvalue weighted by molar-refractivity contribution is 5.86. The fourth-order valence-corrected chi connectivity index (χ4v) is 2.91. The average molecular weight is 430 g/mol. The molecule has 1 aliphatic carbocycles. The minimum atomic E-state index is -0.375. The second-order valence-electron chi connectivity index (χ2n) is 7.24. The third-order valence-corrected chi connectivity index (χ3v) is 4.79. The van der Waals surface area contributed by atoms with E-state index in [0.29, 0.717) is 11.6 Å². The Balaban J connectivity index is 0.000000216. The van der Waals surface area contributed by atoms with Crippen LogP contribution in [0, 0.1) is 18.6 Å². The van der Waals surface area contributed by atoms with Gasteiger partial charge in [0.2, 0.25) is 5.91 Å². The number of ether oxygens (including phenoxy) is 1. The summed E-state index contributed by atoms with van der Waals surface area (Å²) in [5.41, 5.74) is 7.72. The maximum atomic E-state index is 13.7. The molecule has 0 atom stereocenters. The van der Waals surface area contributed by atoms with E-state index in [1.807, 2.05) is 19.1 Å². The molecule has 0 bridgehead atoms. The van der Waals surface area contributed by atoms with Gasteiger partial charge in [-0.1, -0.05) is 6.58 Å². The molecule has 1 heterocycles. The van der Waals surface area contributed by atoms with Crippen LogP contribution < -0.4 is 11.1 Å². The summed E-state index contributed by atoms with van der Waals surface area (Å²) in [5, 5.41) is 3.36. The molecule has 1 aromatic heterocycles. The number of amides is 1. The van der Waals surface area contributed by atoms with Gasteiger partial charge in [-0.3, -0.25) is 4.79 Å². The molecule has 5 nitrogen and oxygen atoms in total. The van der Waals surface area contributed by atoms with Gasteiger partial charge in [-0.25, -0.2) is 8.78 Å². The molecule has 4 rings (SSSR count). The number of halogens is 2.